The van der Waals surface area contributed by atoms with Gasteiger partial charge in [-0.1, -0.05) is 0 Å². The van der Waals surface area contributed by atoms with Crippen LogP contribution in [0.1, 0.15) is 20.3 Å². The van der Waals surface area contributed by atoms with Gasteiger partial charge in [-0.15, -0.1) is 0 Å². The molecule has 3 N–H and O–H groups in total. The molecule has 117 valence electrons. The Hall–Kier alpha value is -0.280. The smallest absolute Gasteiger partial charge is 0.187 e. The maximum atomic E-state index is 10.2. The number of aliphatic hydroxyl groups is 3. The second-order valence-electron chi connectivity index (χ2n) is 5.30. The van der Waals surface area contributed by atoms with Gasteiger partial charge >= 0.3 is 0 Å². The first-order valence-electron chi connectivity index (χ1n) is 6.80. The molecule has 2 aliphatic heterocycles. The first-order valence-corrected chi connectivity index (χ1v) is 6.80. The summed E-state index contributed by atoms with van der Waals surface area (Å²) in [5.41, 5.74) is 0. The highest BCUT2D eigenvalue weighted by molar-refractivity contribution is 4.91. The van der Waals surface area contributed by atoms with Crippen LogP contribution >= 0.6 is 0 Å². The van der Waals surface area contributed by atoms with Crippen LogP contribution in [0.4, 0.5) is 0 Å². The largest absolute Gasteiger partial charge is 0.390 e. The molecule has 0 aromatic carbocycles. The Morgan fingerprint density at radius 1 is 1.05 bits per heavy atom. The topological polar surface area (TPSA) is 97.6 Å². The molecule has 2 heterocycles. The predicted molar refractivity (Wildman–Crippen MR) is 67.5 cm³/mol. The maximum absolute atomic E-state index is 10.2. The van der Waals surface area contributed by atoms with Gasteiger partial charge in [-0.05, 0) is 13.8 Å². The summed E-state index contributed by atoms with van der Waals surface area (Å²) in [5, 5.41) is 30.0. The zero-order valence-electron chi connectivity index (χ0n) is 11.9. The molecule has 2 saturated heterocycles. The normalized spacial score (nSPS) is 50.1. The van der Waals surface area contributed by atoms with E-state index >= 15 is 0 Å². The van der Waals surface area contributed by atoms with Gasteiger partial charge in [-0.3, -0.25) is 0 Å². The Morgan fingerprint density at radius 2 is 1.75 bits per heavy atom. The van der Waals surface area contributed by atoms with Crippen LogP contribution in [-0.2, 0) is 18.9 Å². The molecule has 0 bridgehead atoms. The van der Waals surface area contributed by atoms with E-state index in [0.717, 1.165) is 0 Å². The Bertz CT molecular complexity index is 303. The van der Waals surface area contributed by atoms with Crippen LogP contribution in [0.15, 0.2) is 0 Å². The van der Waals surface area contributed by atoms with Crippen LogP contribution in [0, 0.1) is 6.61 Å². The minimum absolute atomic E-state index is 0.349. The van der Waals surface area contributed by atoms with Crippen molar-refractivity contribution >= 4 is 0 Å². The fourth-order valence-electron chi connectivity index (χ4n) is 2.57. The molecule has 0 aromatic rings. The van der Waals surface area contributed by atoms with E-state index in [9.17, 15) is 15.3 Å². The van der Waals surface area contributed by atoms with Gasteiger partial charge in [0.05, 0.1) is 24.9 Å². The third-order valence-electron chi connectivity index (χ3n) is 3.84. The highest BCUT2D eigenvalue weighted by atomic mass is 16.7. The van der Waals surface area contributed by atoms with Gasteiger partial charge in [0.1, 0.15) is 24.4 Å². The molecule has 7 heteroatoms. The van der Waals surface area contributed by atoms with Crippen LogP contribution in [0.2, 0.25) is 0 Å². The molecule has 0 unspecified atom stereocenters. The molecule has 7 nitrogen and oxygen atoms in total. The zero-order valence-corrected chi connectivity index (χ0v) is 11.9. The fraction of sp³-hybridized carbons (Fsp3) is 0.923. The average Bonchev–Trinajstić information content (AvgIpc) is 2.40. The van der Waals surface area contributed by atoms with E-state index in [0.29, 0.717) is 6.42 Å². The van der Waals surface area contributed by atoms with Gasteiger partial charge in [-0.25, -0.2) is 0 Å². The summed E-state index contributed by atoms with van der Waals surface area (Å²) in [6, 6.07) is 0. The summed E-state index contributed by atoms with van der Waals surface area (Å²) in [6.45, 7) is 4.98. The molecule has 2 fully saturated rings. The summed E-state index contributed by atoms with van der Waals surface area (Å²) in [7, 11) is 1.41. The van der Waals surface area contributed by atoms with E-state index in [1.54, 1.807) is 13.8 Å². The summed E-state index contributed by atoms with van der Waals surface area (Å²) in [5.74, 6) is 0. The lowest BCUT2D eigenvalue weighted by molar-refractivity contribution is -0.323. The Labute approximate surface area is 118 Å². The SMILES string of the molecule is CO[C@H]1[C@@H](O)[C@H](O[C@H]2[C@H](O)C[CH]O[C@@H]2C)O[C@H](C)[C@H]1O. The molecule has 2 aliphatic rings. The van der Waals surface area contributed by atoms with Crippen molar-refractivity contribution in [3.8, 4) is 0 Å². The minimum atomic E-state index is -1.14. The van der Waals surface area contributed by atoms with Crippen molar-refractivity contribution < 1.29 is 34.3 Å². The molecule has 2 rings (SSSR count). The van der Waals surface area contributed by atoms with Crippen molar-refractivity contribution in [3.63, 3.8) is 0 Å². The molecule has 8 atom stereocenters. The molecule has 0 spiro atoms. The molecule has 0 aromatic heterocycles. The lowest BCUT2D eigenvalue weighted by Crippen LogP contribution is -2.60. The molecular weight excluding hydrogens is 268 g/mol. The molecule has 0 amide bonds. The lowest BCUT2D eigenvalue weighted by Gasteiger charge is -2.43. The summed E-state index contributed by atoms with van der Waals surface area (Å²) < 4.78 is 21.5. The minimum Gasteiger partial charge on any atom is -0.390 e. The number of rotatable bonds is 3. The quantitative estimate of drug-likeness (QED) is 0.625. The highest BCUT2D eigenvalue weighted by Crippen LogP contribution is 2.28. The van der Waals surface area contributed by atoms with Gasteiger partial charge in [0.15, 0.2) is 6.29 Å². The molecule has 20 heavy (non-hydrogen) atoms. The third-order valence-corrected chi connectivity index (χ3v) is 3.84. The number of methoxy groups -OCH3 is 1. The Morgan fingerprint density at radius 3 is 2.35 bits per heavy atom. The Balaban J connectivity index is 2.04. The zero-order chi connectivity index (χ0) is 14.9. The number of hydrogen-bond donors (Lipinski definition) is 3. The number of ether oxygens (including phenoxy) is 4. The van der Waals surface area contributed by atoms with Gasteiger partial charge in [-0.2, -0.15) is 0 Å². The fourth-order valence-corrected chi connectivity index (χ4v) is 2.57. The second kappa shape index (κ2) is 6.65. The van der Waals surface area contributed by atoms with Crippen molar-refractivity contribution in [2.45, 2.75) is 69.3 Å². The standard InChI is InChI=1S/C13H23O7/c1-6-9(15)12(17-3)10(16)13(19-6)20-11-7(2)18-5-4-8(11)14/h5-16H,4H2,1-3H3/t6-,7-,8-,9-,10-,11-,12-,13+/m1/s1. The molecule has 1 radical (unpaired) electrons. The first kappa shape index (κ1) is 16.1. The van der Waals surface area contributed by atoms with Crippen LogP contribution in [-0.4, -0.2) is 71.4 Å². The van der Waals surface area contributed by atoms with Crippen LogP contribution < -0.4 is 0 Å². The van der Waals surface area contributed by atoms with Crippen molar-refractivity contribution in [3.05, 3.63) is 6.61 Å². The summed E-state index contributed by atoms with van der Waals surface area (Å²) in [4.78, 5) is 0. The molecule has 0 aliphatic carbocycles. The van der Waals surface area contributed by atoms with E-state index in [-0.39, 0.29) is 6.10 Å². The highest BCUT2D eigenvalue weighted by Gasteiger charge is 2.46. The predicted octanol–water partition coefficient (Wildman–Crippen LogP) is -0.815. The Kier molecular flexibility index (Phi) is 5.36. The summed E-state index contributed by atoms with van der Waals surface area (Å²) in [6.07, 6.45) is -5.74. The lowest BCUT2D eigenvalue weighted by atomic mass is 9.99. The van der Waals surface area contributed by atoms with Crippen molar-refractivity contribution in [2.24, 2.45) is 0 Å². The van der Waals surface area contributed by atoms with Gasteiger partial charge in [0.2, 0.25) is 0 Å². The van der Waals surface area contributed by atoms with E-state index in [2.05, 4.69) is 0 Å². The van der Waals surface area contributed by atoms with Gasteiger partial charge in [0, 0.05) is 13.5 Å². The summed E-state index contributed by atoms with van der Waals surface area (Å²) >= 11 is 0. The number of hydrogen-bond acceptors (Lipinski definition) is 7. The van der Waals surface area contributed by atoms with Gasteiger partial charge in [0.25, 0.3) is 0 Å². The first-order chi connectivity index (χ1) is 9.45. The average molecular weight is 291 g/mol. The number of aliphatic hydroxyl groups excluding tert-OH is 3. The second-order valence-corrected chi connectivity index (χ2v) is 5.30. The van der Waals surface area contributed by atoms with Crippen LogP contribution in [0.25, 0.3) is 0 Å². The van der Waals surface area contributed by atoms with Crippen molar-refractivity contribution in [2.75, 3.05) is 7.11 Å². The van der Waals surface area contributed by atoms with Crippen molar-refractivity contribution in [1.82, 2.24) is 0 Å². The van der Waals surface area contributed by atoms with Crippen LogP contribution in [0.5, 0.6) is 0 Å². The third kappa shape index (κ3) is 3.14. The van der Waals surface area contributed by atoms with E-state index in [1.165, 1.54) is 13.7 Å². The van der Waals surface area contributed by atoms with E-state index in [1.807, 2.05) is 0 Å². The van der Waals surface area contributed by atoms with Crippen molar-refractivity contribution in [1.29, 1.82) is 0 Å². The van der Waals surface area contributed by atoms with E-state index in [4.69, 9.17) is 18.9 Å². The van der Waals surface area contributed by atoms with E-state index < -0.39 is 42.9 Å². The van der Waals surface area contributed by atoms with Gasteiger partial charge < -0.3 is 34.3 Å². The van der Waals surface area contributed by atoms with Crippen LogP contribution in [0.3, 0.4) is 0 Å². The maximum Gasteiger partial charge on any atom is 0.187 e. The molecule has 0 saturated carbocycles. The molecular formula is C13H23O7. The monoisotopic (exact) mass is 291 g/mol.